The molecule has 2 aromatic rings. The van der Waals surface area contributed by atoms with Gasteiger partial charge in [0.1, 0.15) is 12.4 Å². The lowest BCUT2D eigenvalue weighted by Gasteiger charge is -2.06. The summed E-state index contributed by atoms with van der Waals surface area (Å²) in [5, 5.41) is 10.3. The van der Waals surface area contributed by atoms with Gasteiger partial charge in [0.2, 0.25) is 0 Å². The molecule has 0 aliphatic rings. The largest absolute Gasteiger partial charge is 0.545 e. The molecule has 0 heterocycles. The summed E-state index contributed by atoms with van der Waals surface area (Å²) in [6, 6.07) is 17.1. The van der Waals surface area contributed by atoms with Gasteiger partial charge in [0.15, 0.2) is 0 Å². The van der Waals surface area contributed by atoms with Gasteiger partial charge in [-0.25, -0.2) is 0 Å². The molecule has 0 N–H and O–H groups in total. The van der Waals surface area contributed by atoms with Crippen LogP contribution in [-0.4, -0.2) is 5.97 Å². The zero-order valence-corrected chi connectivity index (χ0v) is 10.3. The summed E-state index contributed by atoms with van der Waals surface area (Å²) in [4.78, 5) is 10.3. The molecule has 0 saturated heterocycles. The van der Waals surface area contributed by atoms with Crippen LogP contribution in [0.4, 0.5) is 0 Å². The van der Waals surface area contributed by atoms with Crippen molar-refractivity contribution in [1.82, 2.24) is 0 Å². The van der Waals surface area contributed by atoms with E-state index in [1.807, 2.05) is 30.3 Å². The first-order valence-electron chi connectivity index (χ1n) is 5.90. The average Bonchev–Trinajstić information content (AvgIpc) is 2.45. The molecule has 3 heteroatoms. The molecule has 0 aromatic heterocycles. The Morgan fingerprint density at radius 2 is 1.74 bits per heavy atom. The number of carboxylic acid groups (broad SMARTS) is 1. The first-order valence-corrected chi connectivity index (χ1v) is 5.90. The predicted octanol–water partition coefficient (Wildman–Crippen LogP) is 2.03. The van der Waals surface area contributed by atoms with E-state index in [2.05, 4.69) is 0 Å². The van der Waals surface area contributed by atoms with Crippen LogP contribution in [0.25, 0.3) is 6.08 Å². The molecule has 0 spiro atoms. The van der Waals surface area contributed by atoms with Gasteiger partial charge in [-0.3, -0.25) is 0 Å². The smallest absolute Gasteiger partial charge is 0.119 e. The third-order valence-electron chi connectivity index (χ3n) is 2.54. The fraction of sp³-hybridized carbons (Fsp3) is 0.0625. The summed E-state index contributed by atoms with van der Waals surface area (Å²) < 4.78 is 5.62. The Morgan fingerprint density at radius 1 is 1.05 bits per heavy atom. The molecule has 96 valence electrons. The van der Waals surface area contributed by atoms with Gasteiger partial charge in [-0.15, -0.1) is 0 Å². The van der Waals surface area contributed by atoms with Gasteiger partial charge in [0, 0.05) is 0 Å². The molecule has 2 aromatic carbocycles. The van der Waals surface area contributed by atoms with Crippen LogP contribution in [0.1, 0.15) is 11.1 Å². The fourth-order valence-corrected chi connectivity index (χ4v) is 1.58. The van der Waals surface area contributed by atoms with Crippen molar-refractivity contribution in [2.75, 3.05) is 0 Å². The minimum Gasteiger partial charge on any atom is -0.545 e. The van der Waals surface area contributed by atoms with Crippen molar-refractivity contribution in [2.24, 2.45) is 0 Å². The third kappa shape index (κ3) is 4.32. The lowest BCUT2D eigenvalue weighted by molar-refractivity contribution is -0.297. The van der Waals surface area contributed by atoms with E-state index >= 15 is 0 Å². The van der Waals surface area contributed by atoms with Crippen LogP contribution in [0.3, 0.4) is 0 Å². The molecule has 0 bridgehead atoms. The molecule has 0 aliphatic heterocycles. The Bertz CT molecular complexity index is 556. The Kier molecular flexibility index (Phi) is 4.34. The number of carbonyl (C=O) groups excluding carboxylic acids is 1. The van der Waals surface area contributed by atoms with Crippen molar-refractivity contribution in [2.45, 2.75) is 6.61 Å². The highest BCUT2D eigenvalue weighted by atomic mass is 16.5. The minimum atomic E-state index is -1.20. The van der Waals surface area contributed by atoms with Crippen LogP contribution in [-0.2, 0) is 11.4 Å². The number of hydrogen-bond acceptors (Lipinski definition) is 3. The second kappa shape index (κ2) is 6.40. The molecular formula is C16H13O3-. The fourth-order valence-electron chi connectivity index (χ4n) is 1.58. The number of aliphatic carboxylic acids is 1. The Hall–Kier alpha value is -2.55. The highest BCUT2D eigenvalue weighted by molar-refractivity contribution is 5.83. The number of hydrogen-bond donors (Lipinski definition) is 0. The number of rotatable bonds is 5. The van der Waals surface area contributed by atoms with E-state index in [-0.39, 0.29) is 0 Å². The molecule has 0 saturated carbocycles. The number of ether oxygens (including phenoxy) is 1. The topological polar surface area (TPSA) is 49.4 Å². The molecule has 0 radical (unpaired) electrons. The van der Waals surface area contributed by atoms with Crippen molar-refractivity contribution >= 4 is 12.0 Å². The standard InChI is InChI=1S/C16H14O3/c17-16(18)11-8-13-6-9-15(10-7-13)19-12-14-4-2-1-3-5-14/h1-11H,12H2,(H,17,18)/p-1. The van der Waals surface area contributed by atoms with Crippen LogP contribution < -0.4 is 9.84 Å². The third-order valence-corrected chi connectivity index (χ3v) is 2.54. The van der Waals surface area contributed by atoms with E-state index < -0.39 is 5.97 Å². The highest BCUT2D eigenvalue weighted by Gasteiger charge is 1.95. The summed E-state index contributed by atoms with van der Waals surface area (Å²) in [5.41, 5.74) is 1.89. The first-order chi connectivity index (χ1) is 9.24. The molecule has 2 rings (SSSR count). The Balaban J connectivity index is 1.94. The molecular weight excluding hydrogens is 240 g/mol. The summed E-state index contributed by atoms with van der Waals surface area (Å²) in [6.45, 7) is 0.509. The van der Waals surface area contributed by atoms with Crippen LogP contribution in [0, 0.1) is 0 Å². The number of carboxylic acids is 1. The van der Waals surface area contributed by atoms with Crippen molar-refractivity contribution in [3.63, 3.8) is 0 Å². The van der Waals surface area contributed by atoms with Gasteiger partial charge in [0.05, 0.1) is 5.97 Å². The van der Waals surface area contributed by atoms with E-state index in [0.717, 1.165) is 23.0 Å². The van der Waals surface area contributed by atoms with E-state index in [1.165, 1.54) is 6.08 Å². The summed E-state index contributed by atoms with van der Waals surface area (Å²) in [5.74, 6) is -0.459. The Labute approximate surface area is 111 Å². The number of carbonyl (C=O) groups is 1. The second-order valence-electron chi connectivity index (χ2n) is 4.00. The number of benzene rings is 2. The Morgan fingerprint density at radius 3 is 2.37 bits per heavy atom. The quantitative estimate of drug-likeness (QED) is 0.766. The molecule has 3 nitrogen and oxygen atoms in total. The lowest BCUT2D eigenvalue weighted by Crippen LogP contribution is -2.18. The van der Waals surface area contributed by atoms with Gasteiger partial charge in [-0.05, 0) is 29.3 Å². The average molecular weight is 253 g/mol. The second-order valence-corrected chi connectivity index (χ2v) is 4.00. The van der Waals surface area contributed by atoms with Crippen molar-refractivity contribution < 1.29 is 14.6 Å². The maximum atomic E-state index is 10.3. The highest BCUT2D eigenvalue weighted by Crippen LogP contribution is 2.14. The van der Waals surface area contributed by atoms with Crippen LogP contribution in [0.5, 0.6) is 5.75 Å². The SMILES string of the molecule is O=C([O-])C=Cc1ccc(OCc2ccccc2)cc1. The van der Waals surface area contributed by atoms with Crippen LogP contribution >= 0.6 is 0 Å². The van der Waals surface area contributed by atoms with Crippen LogP contribution in [0.15, 0.2) is 60.7 Å². The molecule has 0 fully saturated rings. The van der Waals surface area contributed by atoms with E-state index in [4.69, 9.17) is 4.74 Å². The van der Waals surface area contributed by atoms with Crippen molar-refractivity contribution in [3.8, 4) is 5.75 Å². The maximum Gasteiger partial charge on any atom is 0.119 e. The van der Waals surface area contributed by atoms with Gasteiger partial charge in [-0.1, -0.05) is 48.5 Å². The summed E-state index contributed by atoms with van der Waals surface area (Å²) in [6.07, 6.45) is 2.48. The maximum absolute atomic E-state index is 10.3. The van der Waals surface area contributed by atoms with E-state index in [0.29, 0.717) is 6.61 Å². The molecule has 0 aliphatic carbocycles. The van der Waals surface area contributed by atoms with Gasteiger partial charge < -0.3 is 14.6 Å². The van der Waals surface area contributed by atoms with Crippen molar-refractivity contribution in [1.29, 1.82) is 0 Å². The van der Waals surface area contributed by atoms with E-state index in [1.54, 1.807) is 24.3 Å². The zero-order chi connectivity index (χ0) is 13.5. The molecule has 19 heavy (non-hydrogen) atoms. The van der Waals surface area contributed by atoms with Gasteiger partial charge in [-0.2, -0.15) is 0 Å². The van der Waals surface area contributed by atoms with Crippen molar-refractivity contribution in [3.05, 3.63) is 71.8 Å². The summed E-state index contributed by atoms with van der Waals surface area (Å²) in [7, 11) is 0. The first kappa shape index (κ1) is 12.9. The normalized spacial score (nSPS) is 10.5. The van der Waals surface area contributed by atoms with Crippen LogP contribution in [0.2, 0.25) is 0 Å². The molecule has 0 unspecified atom stereocenters. The summed E-state index contributed by atoms with van der Waals surface area (Å²) >= 11 is 0. The van der Waals surface area contributed by atoms with Gasteiger partial charge >= 0.3 is 0 Å². The minimum absolute atomic E-state index is 0.509. The molecule has 0 atom stereocenters. The van der Waals surface area contributed by atoms with E-state index in [9.17, 15) is 9.90 Å². The lowest BCUT2D eigenvalue weighted by atomic mass is 10.2. The zero-order valence-electron chi connectivity index (χ0n) is 10.3. The van der Waals surface area contributed by atoms with Gasteiger partial charge in [0.25, 0.3) is 0 Å². The monoisotopic (exact) mass is 253 g/mol. The predicted molar refractivity (Wildman–Crippen MR) is 71.3 cm³/mol. The molecule has 0 amide bonds.